The average molecular weight is 306 g/mol. The Balaban J connectivity index is 1.84. The fourth-order valence-corrected chi connectivity index (χ4v) is 2.19. The first-order chi connectivity index (χ1) is 10.2. The van der Waals surface area contributed by atoms with E-state index in [2.05, 4.69) is 9.72 Å². The summed E-state index contributed by atoms with van der Waals surface area (Å²) < 4.78 is 22.8. The molecule has 0 saturated heterocycles. The van der Waals surface area contributed by atoms with Crippen molar-refractivity contribution >= 4 is 17.3 Å². The summed E-state index contributed by atoms with van der Waals surface area (Å²) in [5.41, 5.74) is 0.570. The molecule has 108 valence electrons. The van der Waals surface area contributed by atoms with Gasteiger partial charge in [0.15, 0.2) is 6.61 Å². The summed E-state index contributed by atoms with van der Waals surface area (Å²) in [6.45, 7) is -0.0208. The third-order valence-electron chi connectivity index (χ3n) is 2.40. The molecular formula is C14H11FN2O3S. The number of halogens is 1. The van der Waals surface area contributed by atoms with E-state index in [4.69, 9.17) is 10.00 Å². The second-order valence-electron chi connectivity index (χ2n) is 3.97. The largest absolute Gasteiger partial charge is 0.486 e. The van der Waals surface area contributed by atoms with Crippen LogP contribution in [0.1, 0.15) is 10.7 Å². The summed E-state index contributed by atoms with van der Waals surface area (Å²) in [7, 11) is 0. The van der Waals surface area contributed by atoms with Gasteiger partial charge < -0.3 is 9.47 Å². The van der Waals surface area contributed by atoms with Crippen LogP contribution in [0.5, 0.6) is 5.75 Å². The number of carbonyl (C=O) groups excluding carboxylic acids is 1. The van der Waals surface area contributed by atoms with Crippen molar-refractivity contribution in [2.24, 2.45) is 0 Å². The molecule has 0 aliphatic carbocycles. The predicted molar refractivity (Wildman–Crippen MR) is 73.1 cm³/mol. The van der Waals surface area contributed by atoms with Crippen LogP contribution in [0.15, 0.2) is 29.6 Å². The van der Waals surface area contributed by atoms with Gasteiger partial charge in [0.1, 0.15) is 29.3 Å². The summed E-state index contributed by atoms with van der Waals surface area (Å²) >= 11 is 1.35. The van der Waals surface area contributed by atoms with E-state index < -0.39 is 5.97 Å². The fraction of sp³-hybridized carbons (Fsp3) is 0.214. The summed E-state index contributed by atoms with van der Waals surface area (Å²) in [6, 6.07) is 7.41. The molecule has 0 N–H and O–H groups in total. The zero-order chi connectivity index (χ0) is 15.1. The van der Waals surface area contributed by atoms with Crippen molar-refractivity contribution in [1.82, 2.24) is 4.98 Å². The van der Waals surface area contributed by atoms with E-state index in [9.17, 15) is 9.18 Å². The number of thiazole rings is 1. The minimum atomic E-state index is -0.493. The third kappa shape index (κ3) is 4.85. The Morgan fingerprint density at radius 2 is 2.14 bits per heavy atom. The van der Waals surface area contributed by atoms with Crippen molar-refractivity contribution in [1.29, 1.82) is 5.26 Å². The summed E-state index contributed by atoms with van der Waals surface area (Å²) in [6.07, 6.45) is 0.0225. The standard InChI is InChI=1S/C14H11FN2O3S/c15-10-1-3-12(4-2-10)20-8-13-17-11(9-21-13)7-14(18)19-6-5-16/h1-4,9H,6-8H2. The van der Waals surface area contributed by atoms with Crippen molar-refractivity contribution in [3.05, 3.63) is 46.2 Å². The average Bonchev–Trinajstić information content (AvgIpc) is 2.92. The molecule has 0 atom stereocenters. The molecular weight excluding hydrogens is 295 g/mol. The Bertz CT molecular complexity index is 649. The van der Waals surface area contributed by atoms with E-state index >= 15 is 0 Å². The van der Waals surface area contributed by atoms with Crippen LogP contribution in [-0.4, -0.2) is 17.6 Å². The molecule has 2 rings (SSSR count). The second-order valence-corrected chi connectivity index (χ2v) is 4.91. The van der Waals surface area contributed by atoms with Crippen molar-refractivity contribution in [3.8, 4) is 11.8 Å². The van der Waals surface area contributed by atoms with Gasteiger partial charge in [-0.25, -0.2) is 9.37 Å². The van der Waals surface area contributed by atoms with Gasteiger partial charge >= 0.3 is 5.97 Å². The first kappa shape index (κ1) is 14.9. The molecule has 0 saturated carbocycles. The molecule has 0 amide bonds. The van der Waals surface area contributed by atoms with E-state index in [0.29, 0.717) is 16.5 Å². The lowest BCUT2D eigenvalue weighted by Gasteiger charge is -2.03. The number of hydrogen-bond acceptors (Lipinski definition) is 6. The number of nitriles is 1. The number of aromatic nitrogens is 1. The number of rotatable bonds is 6. The molecule has 1 aromatic heterocycles. The molecule has 1 aromatic carbocycles. The van der Waals surface area contributed by atoms with Crippen LogP contribution in [0.2, 0.25) is 0 Å². The van der Waals surface area contributed by atoms with Gasteiger partial charge in [0.05, 0.1) is 12.1 Å². The van der Waals surface area contributed by atoms with Crippen LogP contribution < -0.4 is 4.74 Å². The monoisotopic (exact) mass is 306 g/mol. The Kier molecular flexibility index (Phi) is 5.23. The van der Waals surface area contributed by atoms with Gasteiger partial charge in [0.2, 0.25) is 0 Å². The first-order valence-corrected chi connectivity index (χ1v) is 6.89. The van der Waals surface area contributed by atoms with Gasteiger partial charge in [-0.15, -0.1) is 11.3 Å². The van der Waals surface area contributed by atoms with Crippen molar-refractivity contribution in [2.75, 3.05) is 6.61 Å². The number of nitrogens with zero attached hydrogens (tertiary/aromatic N) is 2. The smallest absolute Gasteiger partial charge is 0.312 e. The molecule has 0 radical (unpaired) electrons. The molecule has 21 heavy (non-hydrogen) atoms. The van der Waals surface area contributed by atoms with Crippen molar-refractivity contribution in [2.45, 2.75) is 13.0 Å². The molecule has 2 aromatic rings. The number of ether oxygens (including phenoxy) is 2. The molecule has 5 nitrogen and oxygen atoms in total. The Morgan fingerprint density at radius 1 is 1.38 bits per heavy atom. The second kappa shape index (κ2) is 7.36. The van der Waals surface area contributed by atoms with Crippen LogP contribution in [0.3, 0.4) is 0 Å². The van der Waals surface area contributed by atoms with Gasteiger partial charge in [0, 0.05) is 5.38 Å². The highest BCUT2D eigenvalue weighted by molar-refractivity contribution is 7.09. The lowest BCUT2D eigenvalue weighted by molar-refractivity contribution is -0.141. The summed E-state index contributed by atoms with van der Waals surface area (Å²) in [5, 5.41) is 10.7. The van der Waals surface area contributed by atoms with E-state index in [1.54, 1.807) is 11.4 Å². The quantitative estimate of drug-likeness (QED) is 0.767. The van der Waals surface area contributed by atoms with Crippen LogP contribution in [0, 0.1) is 17.1 Å². The van der Waals surface area contributed by atoms with Crippen molar-refractivity contribution < 1.29 is 18.7 Å². The van der Waals surface area contributed by atoms with E-state index in [-0.39, 0.29) is 25.5 Å². The normalized spacial score (nSPS) is 9.90. The maximum Gasteiger partial charge on any atom is 0.312 e. The molecule has 0 spiro atoms. The molecule has 7 heteroatoms. The minimum absolute atomic E-state index is 0.0225. The van der Waals surface area contributed by atoms with Gasteiger partial charge in [-0.1, -0.05) is 0 Å². The predicted octanol–water partition coefficient (Wildman–Crippen LogP) is 2.47. The van der Waals surface area contributed by atoms with E-state index in [1.165, 1.54) is 35.6 Å². The van der Waals surface area contributed by atoms with Gasteiger partial charge in [-0.3, -0.25) is 4.79 Å². The fourth-order valence-electron chi connectivity index (χ4n) is 1.48. The summed E-state index contributed by atoms with van der Waals surface area (Å²) in [4.78, 5) is 15.5. The van der Waals surface area contributed by atoms with E-state index in [1.807, 2.05) is 0 Å². The Labute approximate surface area is 124 Å². The Hall–Kier alpha value is -2.46. The summed E-state index contributed by atoms with van der Waals surface area (Å²) in [5.74, 6) is -0.274. The van der Waals surface area contributed by atoms with Crippen LogP contribution >= 0.6 is 11.3 Å². The van der Waals surface area contributed by atoms with E-state index in [0.717, 1.165) is 0 Å². The molecule has 0 aliphatic heterocycles. The zero-order valence-corrected chi connectivity index (χ0v) is 11.7. The molecule has 1 heterocycles. The minimum Gasteiger partial charge on any atom is -0.486 e. The first-order valence-electron chi connectivity index (χ1n) is 6.01. The highest BCUT2D eigenvalue weighted by atomic mass is 32.1. The Morgan fingerprint density at radius 3 is 2.86 bits per heavy atom. The highest BCUT2D eigenvalue weighted by Crippen LogP contribution is 2.16. The van der Waals surface area contributed by atoms with Gasteiger partial charge in [-0.05, 0) is 24.3 Å². The molecule has 0 bridgehead atoms. The number of hydrogen-bond donors (Lipinski definition) is 0. The molecule has 0 unspecified atom stereocenters. The highest BCUT2D eigenvalue weighted by Gasteiger charge is 2.09. The molecule has 0 aliphatic rings. The van der Waals surface area contributed by atoms with Crippen molar-refractivity contribution in [3.63, 3.8) is 0 Å². The lowest BCUT2D eigenvalue weighted by Crippen LogP contribution is -2.08. The number of esters is 1. The maximum atomic E-state index is 12.7. The maximum absolute atomic E-state index is 12.7. The topological polar surface area (TPSA) is 72.2 Å². The van der Waals surface area contributed by atoms with Gasteiger partial charge in [0.25, 0.3) is 0 Å². The van der Waals surface area contributed by atoms with Crippen LogP contribution in [-0.2, 0) is 22.6 Å². The lowest BCUT2D eigenvalue weighted by atomic mass is 10.3. The van der Waals surface area contributed by atoms with Crippen LogP contribution in [0.25, 0.3) is 0 Å². The SMILES string of the molecule is N#CCOC(=O)Cc1csc(COc2ccc(F)cc2)n1. The number of benzene rings is 1. The van der Waals surface area contributed by atoms with Crippen LogP contribution in [0.4, 0.5) is 4.39 Å². The third-order valence-corrected chi connectivity index (χ3v) is 3.27. The van der Waals surface area contributed by atoms with Gasteiger partial charge in [-0.2, -0.15) is 5.26 Å². The molecule has 0 fully saturated rings. The number of carbonyl (C=O) groups is 1. The zero-order valence-electron chi connectivity index (χ0n) is 10.9.